The molecule has 2 aromatic rings. The van der Waals surface area contributed by atoms with E-state index in [0.717, 1.165) is 12.4 Å². The molecular formula is C11H16N6O. The third-order valence-electron chi connectivity index (χ3n) is 2.76. The molecule has 1 amide bonds. The van der Waals surface area contributed by atoms with Crippen molar-refractivity contribution in [1.29, 1.82) is 0 Å². The van der Waals surface area contributed by atoms with Gasteiger partial charge < -0.3 is 9.88 Å². The molecule has 2 rings (SSSR count). The molecule has 0 radical (unpaired) electrons. The summed E-state index contributed by atoms with van der Waals surface area (Å²) in [6.07, 6.45) is 5.06. The van der Waals surface area contributed by atoms with Crippen LogP contribution < -0.4 is 5.32 Å². The molecule has 0 fully saturated rings. The first-order valence-corrected chi connectivity index (χ1v) is 5.86. The molecule has 0 aliphatic carbocycles. The minimum Gasteiger partial charge on any atom is -0.347 e. The monoisotopic (exact) mass is 248 g/mol. The summed E-state index contributed by atoms with van der Waals surface area (Å²) in [5, 5.41) is 14.6. The molecule has 96 valence electrons. The van der Waals surface area contributed by atoms with Crippen molar-refractivity contribution < 1.29 is 4.79 Å². The minimum absolute atomic E-state index is 0.0932. The Hall–Kier alpha value is -2.18. The van der Waals surface area contributed by atoms with Crippen LogP contribution in [0.3, 0.4) is 0 Å². The Morgan fingerprint density at radius 2 is 2.39 bits per heavy atom. The molecule has 2 aromatic heterocycles. The van der Waals surface area contributed by atoms with Crippen LogP contribution in [-0.4, -0.2) is 30.5 Å². The Balaban J connectivity index is 1.92. The van der Waals surface area contributed by atoms with Gasteiger partial charge >= 0.3 is 0 Å². The second-order valence-corrected chi connectivity index (χ2v) is 3.91. The van der Waals surface area contributed by atoms with Gasteiger partial charge in [-0.15, -0.1) is 10.2 Å². The first kappa shape index (κ1) is 12.3. The summed E-state index contributed by atoms with van der Waals surface area (Å²) in [5.41, 5.74) is 0. The van der Waals surface area contributed by atoms with Crippen LogP contribution in [0.1, 0.15) is 25.7 Å². The predicted octanol–water partition coefficient (Wildman–Crippen LogP) is 0.372. The van der Waals surface area contributed by atoms with Crippen molar-refractivity contribution in [3.8, 4) is 0 Å². The summed E-state index contributed by atoms with van der Waals surface area (Å²) >= 11 is 0. The second kappa shape index (κ2) is 5.44. The first-order valence-electron chi connectivity index (χ1n) is 5.86. The molecule has 2 heterocycles. The van der Waals surface area contributed by atoms with Crippen LogP contribution in [0.4, 0.5) is 0 Å². The zero-order valence-corrected chi connectivity index (χ0v) is 10.4. The molecule has 7 nitrogen and oxygen atoms in total. The van der Waals surface area contributed by atoms with Crippen LogP contribution in [0.2, 0.25) is 0 Å². The fraction of sp³-hybridized carbons (Fsp3) is 0.455. The number of carbonyl (C=O) groups is 1. The normalized spacial score (nSPS) is 12.3. The maximum absolute atomic E-state index is 11.9. The zero-order valence-electron chi connectivity index (χ0n) is 10.4. The summed E-state index contributed by atoms with van der Waals surface area (Å²) in [6.45, 7) is 4.96. The minimum atomic E-state index is -0.335. The van der Waals surface area contributed by atoms with E-state index < -0.39 is 0 Å². The number of amides is 1. The number of aryl methyl sites for hydroxylation is 1. The summed E-state index contributed by atoms with van der Waals surface area (Å²) in [4.78, 5) is 11.9. The fourth-order valence-corrected chi connectivity index (χ4v) is 1.62. The Labute approximate surface area is 105 Å². The molecule has 0 aliphatic heterocycles. The number of nitrogens with one attached hydrogen (secondary N) is 1. The van der Waals surface area contributed by atoms with Crippen molar-refractivity contribution in [3.63, 3.8) is 0 Å². The van der Waals surface area contributed by atoms with Gasteiger partial charge in [0.2, 0.25) is 5.91 Å². The Morgan fingerprint density at radius 3 is 3.06 bits per heavy atom. The third kappa shape index (κ3) is 2.55. The van der Waals surface area contributed by atoms with Crippen LogP contribution >= 0.6 is 0 Å². The van der Waals surface area contributed by atoms with Gasteiger partial charge in [0.05, 0.1) is 6.54 Å². The van der Waals surface area contributed by atoms with Crippen LogP contribution in [0.25, 0.3) is 0 Å². The van der Waals surface area contributed by atoms with Gasteiger partial charge in [-0.25, -0.2) is 0 Å². The summed E-state index contributed by atoms with van der Waals surface area (Å²) in [6, 6.07) is 1.45. The molecule has 18 heavy (non-hydrogen) atoms. The van der Waals surface area contributed by atoms with Gasteiger partial charge in [0.15, 0.2) is 5.82 Å². The van der Waals surface area contributed by atoms with Crippen LogP contribution in [0.5, 0.6) is 0 Å². The molecule has 0 bridgehead atoms. The number of nitrogens with zero attached hydrogens (tertiary/aromatic N) is 5. The van der Waals surface area contributed by atoms with Crippen LogP contribution in [0, 0.1) is 0 Å². The van der Waals surface area contributed by atoms with E-state index in [4.69, 9.17) is 0 Å². The van der Waals surface area contributed by atoms with E-state index in [9.17, 15) is 4.79 Å². The van der Waals surface area contributed by atoms with Crippen LogP contribution in [-0.2, 0) is 17.9 Å². The zero-order chi connectivity index (χ0) is 13.0. The lowest BCUT2D eigenvalue weighted by molar-refractivity contribution is -0.124. The molecule has 1 N–H and O–H groups in total. The molecule has 0 aromatic carbocycles. The largest absolute Gasteiger partial charge is 0.347 e. The van der Waals surface area contributed by atoms with E-state index >= 15 is 0 Å². The standard InChI is InChI=1S/C11H16N6O/c1-3-16-8-13-15-10(16)7-12-11(18)9(2)17-6-4-5-14-17/h4-6,8-9H,3,7H2,1-2H3,(H,12,18)/t9-/m1/s1. The van der Waals surface area contributed by atoms with E-state index in [1.165, 1.54) is 0 Å². The number of aromatic nitrogens is 5. The molecule has 0 saturated heterocycles. The lowest BCUT2D eigenvalue weighted by Crippen LogP contribution is -2.31. The smallest absolute Gasteiger partial charge is 0.244 e. The van der Waals surface area contributed by atoms with Crippen molar-refractivity contribution in [2.45, 2.75) is 33.0 Å². The highest BCUT2D eigenvalue weighted by Crippen LogP contribution is 2.03. The molecule has 7 heteroatoms. The number of rotatable bonds is 5. The van der Waals surface area contributed by atoms with Crippen molar-refractivity contribution in [1.82, 2.24) is 29.9 Å². The van der Waals surface area contributed by atoms with Gasteiger partial charge in [-0.05, 0) is 19.9 Å². The van der Waals surface area contributed by atoms with E-state index in [0.29, 0.717) is 6.54 Å². The molecule has 0 spiro atoms. The quantitative estimate of drug-likeness (QED) is 0.829. The highest BCUT2D eigenvalue weighted by Gasteiger charge is 2.15. The molecule has 0 aliphatic rings. The van der Waals surface area contributed by atoms with Crippen molar-refractivity contribution in [3.05, 3.63) is 30.6 Å². The average Bonchev–Trinajstić information content (AvgIpc) is 3.05. The van der Waals surface area contributed by atoms with Gasteiger partial charge in [-0.1, -0.05) is 0 Å². The van der Waals surface area contributed by atoms with E-state index in [-0.39, 0.29) is 11.9 Å². The van der Waals surface area contributed by atoms with Gasteiger partial charge in [0.1, 0.15) is 12.4 Å². The Bertz CT molecular complexity index is 503. The fourth-order valence-electron chi connectivity index (χ4n) is 1.62. The lowest BCUT2D eigenvalue weighted by Gasteiger charge is -2.12. The predicted molar refractivity (Wildman–Crippen MR) is 64.5 cm³/mol. The average molecular weight is 248 g/mol. The molecule has 0 saturated carbocycles. The Kier molecular flexibility index (Phi) is 3.71. The SMILES string of the molecule is CCn1cnnc1CNC(=O)[C@@H](C)n1cccn1. The third-order valence-corrected chi connectivity index (χ3v) is 2.76. The summed E-state index contributed by atoms with van der Waals surface area (Å²) in [5.74, 6) is 0.655. The second-order valence-electron chi connectivity index (χ2n) is 3.91. The molecule has 1 atom stereocenters. The van der Waals surface area contributed by atoms with Gasteiger partial charge in [0, 0.05) is 18.9 Å². The topological polar surface area (TPSA) is 77.6 Å². The lowest BCUT2D eigenvalue weighted by atomic mass is 10.3. The van der Waals surface area contributed by atoms with Gasteiger partial charge in [-0.3, -0.25) is 9.48 Å². The van der Waals surface area contributed by atoms with Gasteiger partial charge in [-0.2, -0.15) is 5.10 Å². The highest BCUT2D eigenvalue weighted by atomic mass is 16.2. The summed E-state index contributed by atoms with van der Waals surface area (Å²) < 4.78 is 3.50. The molecular weight excluding hydrogens is 232 g/mol. The van der Waals surface area contributed by atoms with Crippen molar-refractivity contribution >= 4 is 5.91 Å². The van der Waals surface area contributed by atoms with Crippen molar-refractivity contribution in [2.75, 3.05) is 0 Å². The maximum atomic E-state index is 11.9. The van der Waals surface area contributed by atoms with E-state index in [2.05, 4.69) is 20.6 Å². The van der Waals surface area contributed by atoms with Crippen molar-refractivity contribution in [2.24, 2.45) is 0 Å². The maximum Gasteiger partial charge on any atom is 0.244 e. The highest BCUT2D eigenvalue weighted by molar-refractivity contribution is 5.79. The molecule has 0 unspecified atom stereocenters. The number of hydrogen-bond donors (Lipinski definition) is 1. The van der Waals surface area contributed by atoms with Gasteiger partial charge in [0.25, 0.3) is 0 Å². The summed E-state index contributed by atoms with van der Waals surface area (Å²) in [7, 11) is 0. The number of hydrogen-bond acceptors (Lipinski definition) is 4. The number of carbonyl (C=O) groups excluding carboxylic acids is 1. The van der Waals surface area contributed by atoms with E-state index in [1.54, 1.807) is 36.4 Å². The van der Waals surface area contributed by atoms with E-state index in [1.807, 2.05) is 11.5 Å². The van der Waals surface area contributed by atoms with Crippen LogP contribution in [0.15, 0.2) is 24.8 Å². The Morgan fingerprint density at radius 1 is 1.56 bits per heavy atom. The first-order chi connectivity index (χ1) is 8.72.